The predicted octanol–water partition coefficient (Wildman–Crippen LogP) is 5.09. The first-order valence-corrected chi connectivity index (χ1v) is 15.6. The number of ether oxygens (including phenoxy) is 3. The van der Waals surface area contributed by atoms with Gasteiger partial charge in [0.2, 0.25) is 0 Å². The average molecular weight is 668 g/mol. The molecule has 40 heavy (non-hydrogen) atoms. The van der Waals surface area contributed by atoms with Gasteiger partial charge in [-0.2, -0.15) is 0 Å². The van der Waals surface area contributed by atoms with Crippen LogP contribution in [0, 0.1) is 0 Å². The van der Waals surface area contributed by atoms with E-state index in [4.69, 9.17) is 14.2 Å². The van der Waals surface area contributed by atoms with Crippen LogP contribution in [0.4, 0.5) is 0 Å². The van der Waals surface area contributed by atoms with Gasteiger partial charge in [-0.15, -0.1) is 0 Å². The summed E-state index contributed by atoms with van der Waals surface area (Å²) in [6.45, 7) is 6.88. The number of esters is 1. The minimum atomic E-state index is -0.327. The van der Waals surface area contributed by atoms with Gasteiger partial charge in [-0.25, -0.2) is 9.36 Å². The van der Waals surface area contributed by atoms with Gasteiger partial charge in [0.1, 0.15) is 12.7 Å². The van der Waals surface area contributed by atoms with E-state index in [-0.39, 0.29) is 42.7 Å². The normalized spacial score (nSPS) is 11.7. The number of pyridine rings is 1. The lowest BCUT2D eigenvalue weighted by atomic mass is 10.0. The van der Waals surface area contributed by atoms with E-state index in [1.165, 1.54) is 83.5 Å². The van der Waals surface area contributed by atoms with Gasteiger partial charge >= 0.3 is 5.97 Å². The van der Waals surface area contributed by atoms with Crippen molar-refractivity contribution >= 4 is 5.97 Å². The molecule has 1 unspecified atom stereocenters. The Kier molecular flexibility index (Phi) is 23.0. The Balaban J connectivity index is 0.00000800. The van der Waals surface area contributed by atoms with E-state index < -0.39 is 0 Å². The highest BCUT2D eigenvalue weighted by atomic mass is 127. The number of hydrogen-bond acceptors (Lipinski definition) is 4. The maximum Gasteiger partial charge on any atom is 0.338 e. The first-order chi connectivity index (χ1) is 19.2. The quantitative estimate of drug-likeness (QED) is 0.0678. The minimum Gasteiger partial charge on any atom is -1.00 e. The summed E-state index contributed by atoms with van der Waals surface area (Å²) in [6.07, 6.45) is 22.7. The van der Waals surface area contributed by atoms with Crippen LogP contribution in [0.1, 0.15) is 120 Å². The van der Waals surface area contributed by atoms with Gasteiger partial charge in [0.05, 0.1) is 12.2 Å². The molecule has 1 aromatic carbocycles. The third-order valence-corrected chi connectivity index (χ3v) is 7.05. The zero-order chi connectivity index (χ0) is 27.8. The van der Waals surface area contributed by atoms with Gasteiger partial charge in [0, 0.05) is 30.9 Å². The van der Waals surface area contributed by atoms with Crippen molar-refractivity contribution in [2.24, 2.45) is 0 Å². The van der Waals surface area contributed by atoms with E-state index in [1.54, 1.807) is 6.07 Å². The predicted molar refractivity (Wildman–Crippen MR) is 159 cm³/mol. The topological polar surface area (TPSA) is 48.6 Å². The summed E-state index contributed by atoms with van der Waals surface area (Å²) in [5, 5.41) is 0. The fourth-order valence-electron chi connectivity index (χ4n) is 4.79. The Morgan fingerprint density at radius 3 is 1.95 bits per heavy atom. The maximum atomic E-state index is 12.7. The third-order valence-electron chi connectivity index (χ3n) is 7.05. The second-order valence-electron chi connectivity index (χ2n) is 10.6. The van der Waals surface area contributed by atoms with E-state index in [9.17, 15) is 4.79 Å². The van der Waals surface area contributed by atoms with Gasteiger partial charge in [-0.3, -0.25) is 0 Å². The maximum absolute atomic E-state index is 12.7. The molecule has 0 amide bonds. The molecule has 0 radical (unpaired) electrons. The van der Waals surface area contributed by atoms with Crippen LogP contribution in [0.15, 0.2) is 54.9 Å². The van der Waals surface area contributed by atoms with Gasteiger partial charge < -0.3 is 38.2 Å². The Hall–Kier alpha value is -1.51. The van der Waals surface area contributed by atoms with Crippen LogP contribution in [0.25, 0.3) is 0 Å². The fourth-order valence-corrected chi connectivity index (χ4v) is 4.79. The lowest BCUT2D eigenvalue weighted by molar-refractivity contribution is -0.688. The summed E-state index contributed by atoms with van der Waals surface area (Å²) in [7, 11) is 0. The number of carbonyl (C=O) groups excluding carboxylic acids is 1. The van der Waals surface area contributed by atoms with Gasteiger partial charge in [0.25, 0.3) is 0 Å². The molecule has 0 aliphatic carbocycles. The molecule has 0 bridgehead atoms. The molecule has 226 valence electrons. The summed E-state index contributed by atoms with van der Waals surface area (Å²) < 4.78 is 19.3. The third kappa shape index (κ3) is 18.0. The molecular formula is C34H54INO4. The Bertz CT molecular complexity index is 864. The summed E-state index contributed by atoms with van der Waals surface area (Å²) in [6, 6.07) is 13.6. The van der Waals surface area contributed by atoms with Crippen LogP contribution in [0.3, 0.4) is 0 Å². The zero-order valence-electron chi connectivity index (χ0n) is 25.2. The van der Waals surface area contributed by atoms with E-state index in [2.05, 4.69) is 11.5 Å². The van der Waals surface area contributed by atoms with E-state index in [0.29, 0.717) is 25.3 Å². The number of hydrogen-bond donors (Lipinski definition) is 0. The number of halogens is 1. The molecule has 1 aromatic heterocycles. The molecule has 1 heterocycles. The average Bonchev–Trinajstić information content (AvgIpc) is 2.96. The zero-order valence-corrected chi connectivity index (χ0v) is 27.3. The molecule has 0 N–H and O–H groups in total. The Morgan fingerprint density at radius 2 is 1.35 bits per heavy atom. The molecule has 0 aliphatic heterocycles. The van der Waals surface area contributed by atoms with Crippen LogP contribution in [0.5, 0.6) is 0 Å². The number of aromatic nitrogens is 1. The van der Waals surface area contributed by atoms with Gasteiger partial charge in [-0.1, -0.05) is 109 Å². The Labute approximate surface area is 261 Å². The number of rotatable bonds is 24. The summed E-state index contributed by atoms with van der Waals surface area (Å²) in [4.78, 5) is 12.7. The highest BCUT2D eigenvalue weighted by Crippen LogP contribution is 2.13. The van der Waals surface area contributed by atoms with Crippen LogP contribution >= 0.6 is 0 Å². The fraction of sp³-hybridized carbons (Fsp3) is 0.647. The molecule has 0 saturated heterocycles. The van der Waals surface area contributed by atoms with Crippen molar-refractivity contribution in [2.45, 2.75) is 116 Å². The van der Waals surface area contributed by atoms with Crippen LogP contribution in [-0.4, -0.2) is 38.5 Å². The van der Waals surface area contributed by atoms with Crippen molar-refractivity contribution in [3.63, 3.8) is 0 Å². The van der Waals surface area contributed by atoms with Gasteiger partial charge in [-0.05, 0) is 25.5 Å². The van der Waals surface area contributed by atoms with Crippen molar-refractivity contribution in [3.05, 3.63) is 66.0 Å². The molecule has 0 aliphatic rings. The minimum absolute atomic E-state index is 0. The monoisotopic (exact) mass is 667 g/mol. The second kappa shape index (κ2) is 25.2. The second-order valence-corrected chi connectivity index (χ2v) is 10.6. The lowest BCUT2D eigenvalue weighted by Crippen LogP contribution is -3.00. The van der Waals surface area contributed by atoms with Crippen LogP contribution in [0.2, 0.25) is 0 Å². The Morgan fingerprint density at radius 1 is 0.750 bits per heavy atom. The number of carbonyl (C=O) groups is 1. The standard InChI is InChI=1S/C34H54NO4.HI/c1-3-5-6-7-8-9-10-11-12-13-14-15-16-20-26-37-29-33(38-4-2)30-39-34(36)32-23-21-22-31(27-32)28-35-24-18-17-19-25-35;/h17-19,21-25,27,33H,3-16,20,26,28-30H2,1-2H3;1H/q+1;/p-1. The SMILES string of the molecule is CCCCCCCCCCCCCCCCOCC(COC(=O)c1cccc(C[n+]2ccccc2)c1)OCC.[I-]. The highest BCUT2D eigenvalue weighted by molar-refractivity contribution is 5.89. The molecule has 1 atom stereocenters. The van der Waals surface area contributed by atoms with E-state index >= 15 is 0 Å². The van der Waals surface area contributed by atoms with Crippen LogP contribution in [-0.2, 0) is 20.8 Å². The smallest absolute Gasteiger partial charge is 0.338 e. The summed E-state index contributed by atoms with van der Waals surface area (Å²) in [5.41, 5.74) is 1.61. The molecular weight excluding hydrogens is 613 g/mol. The molecule has 0 saturated carbocycles. The molecule has 2 rings (SSSR count). The summed E-state index contributed by atoms with van der Waals surface area (Å²) in [5.74, 6) is -0.327. The highest BCUT2D eigenvalue weighted by Gasteiger charge is 2.15. The molecule has 5 nitrogen and oxygen atoms in total. The molecule has 6 heteroatoms. The van der Waals surface area contributed by atoms with Gasteiger partial charge in [0.15, 0.2) is 18.9 Å². The van der Waals surface area contributed by atoms with Crippen molar-refractivity contribution in [1.29, 1.82) is 0 Å². The van der Waals surface area contributed by atoms with E-state index in [1.807, 2.05) is 55.7 Å². The van der Waals surface area contributed by atoms with E-state index in [0.717, 1.165) is 18.6 Å². The largest absolute Gasteiger partial charge is 1.00 e. The van der Waals surface area contributed by atoms with Crippen LogP contribution < -0.4 is 28.5 Å². The number of unbranched alkanes of at least 4 members (excludes halogenated alkanes) is 13. The van der Waals surface area contributed by atoms with Crippen molar-refractivity contribution in [3.8, 4) is 0 Å². The molecule has 0 fully saturated rings. The first-order valence-electron chi connectivity index (χ1n) is 15.6. The summed E-state index contributed by atoms with van der Waals surface area (Å²) >= 11 is 0. The number of nitrogens with zero attached hydrogens (tertiary/aromatic N) is 1. The van der Waals surface area contributed by atoms with Crippen molar-refractivity contribution < 1.29 is 47.5 Å². The molecule has 0 spiro atoms. The van der Waals surface area contributed by atoms with Crippen molar-refractivity contribution in [1.82, 2.24) is 0 Å². The molecule has 2 aromatic rings. The van der Waals surface area contributed by atoms with Crippen molar-refractivity contribution in [2.75, 3.05) is 26.4 Å². The lowest BCUT2D eigenvalue weighted by Gasteiger charge is -2.17. The number of benzene rings is 1. The first kappa shape index (κ1) is 36.5.